The summed E-state index contributed by atoms with van der Waals surface area (Å²) in [5.74, 6) is 4.57. The van der Waals surface area contributed by atoms with Gasteiger partial charge in [0.2, 0.25) is 0 Å². The Bertz CT molecular complexity index is 340. The standard InChI is InChI=1S/C13H18O6/c1-4-6-17-8-9-10(14)11(15)12(18-7-5-2)13(16-3)19-9/h1-2,9-15H,6-8H2,3H3/t9-,10+,11+,12-,13+/m1/s1. The molecule has 1 saturated heterocycles. The van der Waals surface area contributed by atoms with Crippen LogP contribution in [-0.4, -0.2) is 67.8 Å². The minimum Gasteiger partial charge on any atom is -0.387 e. The summed E-state index contributed by atoms with van der Waals surface area (Å²) < 4.78 is 20.8. The Morgan fingerprint density at radius 2 is 1.84 bits per heavy atom. The topological polar surface area (TPSA) is 77.4 Å². The third kappa shape index (κ3) is 4.19. The molecule has 1 rings (SSSR count). The first-order chi connectivity index (χ1) is 9.15. The van der Waals surface area contributed by atoms with Gasteiger partial charge < -0.3 is 29.2 Å². The van der Waals surface area contributed by atoms with Crippen LogP contribution in [0, 0.1) is 24.7 Å². The Labute approximate surface area is 112 Å². The second-order valence-electron chi connectivity index (χ2n) is 3.96. The number of methoxy groups -OCH3 is 1. The molecule has 1 aliphatic heterocycles. The number of terminal acetylenes is 2. The van der Waals surface area contributed by atoms with Crippen molar-refractivity contribution >= 4 is 0 Å². The van der Waals surface area contributed by atoms with Crippen molar-refractivity contribution in [2.45, 2.75) is 30.7 Å². The number of aliphatic hydroxyl groups is 2. The Kier molecular flexibility index (Phi) is 6.82. The summed E-state index contributed by atoms with van der Waals surface area (Å²) in [6.07, 6.45) is 5.31. The zero-order valence-electron chi connectivity index (χ0n) is 10.7. The first-order valence-electron chi connectivity index (χ1n) is 5.76. The quantitative estimate of drug-likeness (QED) is 0.464. The Morgan fingerprint density at radius 1 is 1.16 bits per heavy atom. The van der Waals surface area contributed by atoms with Gasteiger partial charge >= 0.3 is 0 Å². The van der Waals surface area contributed by atoms with Crippen LogP contribution in [-0.2, 0) is 18.9 Å². The summed E-state index contributed by atoms with van der Waals surface area (Å²) in [6, 6.07) is 0. The molecule has 2 N–H and O–H groups in total. The molecule has 0 amide bonds. The zero-order chi connectivity index (χ0) is 14.3. The highest BCUT2D eigenvalue weighted by Crippen LogP contribution is 2.24. The third-order valence-electron chi connectivity index (χ3n) is 2.70. The lowest BCUT2D eigenvalue weighted by Gasteiger charge is -2.41. The fourth-order valence-electron chi connectivity index (χ4n) is 1.79. The molecule has 0 radical (unpaired) electrons. The molecule has 0 bridgehead atoms. The van der Waals surface area contributed by atoms with Gasteiger partial charge in [-0.25, -0.2) is 0 Å². The van der Waals surface area contributed by atoms with E-state index in [1.165, 1.54) is 7.11 Å². The molecule has 0 unspecified atom stereocenters. The fraction of sp³-hybridized carbons (Fsp3) is 0.692. The highest BCUT2D eigenvalue weighted by Gasteiger charge is 2.45. The molecule has 0 aromatic heterocycles. The van der Waals surface area contributed by atoms with Gasteiger partial charge in [-0.2, -0.15) is 0 Å². The highest BCUT2D eigenvalue weighted by atomic mass is 16.7. The van der Waals surface area contributed by atoms with Gasteiger partial charge in [-0.15, -0.1) is 12.8 Å². The molecule has 1 aliphatic rings. The van der Waals surface area contributed by atoms with Crippen LogP contribution >= 0.6 is 0 Å². The molecular formula is C13H18O6. The van der Waals surface area contributed by atoms with Gasteiger partial charge in [0, 0.05) is 7.11 Å². The average molecular weight is 270 g/mol. The maximum Gasteiger partial charge on any atom is 0.186 e. The van der Waals surface area contributed by atoms with Gasteiger partial charge in [0.25, 0.3) is 0 Å². The van der Waals surface area contributed by atoms with Crippen LogP contribution in [0.3, 0.4) is 0 Å². The predicted octanol–water partition coefficient (Wildman–Crippen LogP) is -1.25. The summed E-state index contributed by atoms with van der Waals surface area (Å²) in [4.78, 5) is 0. The third-order valence-corrected chi connectivity index (χ3v) is 2.70. The van der Waals surface area contributed by atoms with Crippen molar-refractivity contribution in [3.63, 3.8) is 0 Å². The van der Waals surface area contributed by atoms with E-state index in [0.717, 1.165) is 0 Å². The van der Waals surface area contributed by atoms with Crippen LogP contribution in [0.15, 0.2) is 0 Å². The molecule has 0 aliphatic carbocycles. The second-order valence-corrected chi connectivity index (χ2v) is 3.96. The largest absolute Gasteiger partial charge is 0.387 e. The number of ether oxygens (including phenoxy) is 4. The molecule has 6 nitrogen and oxygen atoms in total. The maximum atomic E-state index is 9.99. The predicted molar refractivity (Wildman–Crippen MR) is 65.9 cm³/mol. The lowest BCUT2D eigenvalue weighted by atomic mass is 9.99. The van der Waals surface area contributed by atoms with E-state index in [1.807, 2.05) is 0 Å². The van der Waals surface area contributed by atoms with E-state index in [4.69, 9.17) is 31.8 Å². The number of aliphatic hydroxyl groups excluding tert-OH is 2. The summed E-state index contributed by atoms with van der Waals surface area (Å²) in [5, 5.41) is 19.9. The van der Waals surface area contributed by atoms with Crippen molar-refractivity contribution < 1.29 is 29.2 Å². The molecule has 5 atom stereocenters. The Hall–Kier alpha value is -1.12. The summed E-state index contributed by atoms with van der Waals surface area (Å²) in [6.45, 7) is 0.122. The summed E-state index contributed by atoms with van der Waals surface area (Å²) in [7, 11) is 1.40. The monoisotopic (exact) mass is 270 g/mol. The van der Waals surface area contributed by atoms with Gasteiger partial charge in [0.1, 0.15) is 37.6 Å². The SMILES string of the molecule is C#CCOC[C@H]1O[C@H](OC)[C@H](OCC#C)[C@@H](O)[C@H]1O. The van der Waals surface area contributed by atoms with Crippen LogP contribution in [0.4, 0.5) is 0 Å². The van der Waals surface area contributed by atoms with Crippen molar-refractivity contribution in [1.82, 2.24) is 0 Å². The zero-order valence-corrected chi connectivity index (χ0v) is 10.7. The molecule has 0 aromatic rings. The molecule has 19 heavy (non-hydrogen) atoms. The van der Waals surface area contributed by atoms with E-state index in [2.05, 4.69) is 11.8 Å². The summed E-state index contributed by atoms with van der Waals surface area (Å²) in [5.41, 5.74) is 0. The molecule has 1 fully saturated rings. The minimum atomic E-state index is -1.19. The molecular weight excluding hydrogens is 252 g/mol. The van der Waals surface area contributed by atoms with Crippen LogP contribution in [0.25, 0.3) is 0 Å². The van der Waals surface area contributed by atoms with E-state index in [-0.39, 0.29) is 19.8 Å². The van der Waals surface area contributed by atoms with E-state index in [1.54, 1.807) is 0 Å². The van der Waals surface area contributed by atoms with Gasteiger partial charge in [0.15, 0.2) is 6.29 Å². The molecule has 0 spiro atoms. The lowest BCUT2D eigenvalue weighted by molar-refractivity contribution is -0.303. The smallest absolute Gasteiger partial charge is 0.186 e. The molecule has 0 saturated carbocycles. The van der Waals surface area contributed by atoms with Gasteiger partial charge in [-0.05, 0) is 0 Å². The first-order valence-corrected chi connectivity index (χ1v) is 5.76. The Balaban J connectivity index is 2.63. The summed E-state index contributed by atoms with van der Waals surface area (Å²) >= 11 is 0. The second kappa shape index (κ2) is 8.13. The van der Waals surface area contributed by atoms with Gasteiger partial charge in [-0.1, -0.05) is 11.8 Å². The Morgan fingerprint density at radius 3 is 2.42 bits per heavy atom. The molecule has 6 heteroatoms. The van der Waals surface area contributed by atoms with E-state index >= 15 is 0 Å². The lowest BCUT2D eigenvalue weighted by Crippen LogP contribution is -2.60. The molecule has 1 heterocycles. The van der Waals surface area contributed by atoms with Crippen molar-refractivity contribution in [2.24, 2.45) is 0 Å². The van der Waals surface area contributed by atoms with E-state index < -0.39 is 30.7 Å². The van der Waals surface area contributed by atoms with E-state index in [9.17, 15) is 10.2 Å². The van der Waals surface area contributed by atoms with Gasteiger partial charge in [-0.3, -0.25) is 0 Å². The fourth-order valence-corrected chi connectivity index (χ4v) is 1.79. The molecule has 0 aromatic carbocycles. The number of rotatable bonds is 6. The van der Waals surface area contributed by atoms with Gasteiger partial charge in [0.05, 0.1) is 6.61 Å². The average Bonchev–Trinajstić information content (AvgIpc) is 2.42. The highest BCUT2D eigenvalue weighted by molar-refractivity contribution is 4.92. The molecule has 106 valence electrons. The maximum absolute atomic E-state index is 9.99. The van der Waals surface area contributed by atoms with Crippen LogP contribution in [0.1, 0.15) is 0 Å². The van der Waals surface area contributed by atoms with Crippen molar-refractivity contribution in [2.75, 3.05) is 26.9 Å². The van der Waals surface area contributed by atoms with Crippen molar-refractivity contribution in [3.05, 3.63) is 0 Å². The van der Waals surface area contributed by atoms with Crippen LogP contribution in [0.5, 0.6) is 0 Å². The van der Waals surface area contributed by atoms with Crippen molar-refractivity contribution in [1.29, 1.82) is 0 Å². The number of hydrogen-bond acceptors (Lipinski definition) is 6. The van der Waals surface area contributed by atoms with Crippen LogP contribution < -0.4 is 0 Å². The van der Waals surface area contributed by atoms with Crippen LogP contribution in [0.2, 0.25) is 0 Å². The normalized spacial score (nSPS) is 34.5. The first kappa shape index (κ1) is 15.9. The van der Waals surface area contributed by atoms with E-state index in [0.29, 0.717) is 0 Å². The minimum absolute atomic E-state index is 0.0179. The van der Waals surface area contributed by atoms with Crippen molar-refractivity contribution in [3.8, 4) is 24.7 Å². The number of hydrogen-bond donors (Lipinski definition) is 2.